The van der Waals surface area contributed by atoms with Gasteiger partial charge >= 0.3 is 0 Å². The molecule has 138 valence electrons. The molecule has 2 aromatic carbocycles. The lowest BCUT2D eigenvalue weighted by Crippen LogP contribution is -2.31. The first-order valence-electron chi connectivity index (χ1n) is 9.78. The Labute approximate surface area is 159 Å². The topological polar surface area (TPSA) is 70.9 Å². The molecule has 1 aliphatic carbocycles. The standard InChI is InChI=1S/C23H25N3O/c1-23(2)18-11-14(13-7-9-25-10-8-13)3-5-16(18)21(27)20-17-6-4-15(24)12-19(17)26-22(20)23/h3-6,11-13,25-26H,7-10,24H2,1-2H3. The molecular weight excluding hydrogens is 334 g/mol. The summed E-state index contributed by atoms with van der Waals surface area (Å²) in [7, 11) is 0. The number of fused-ring (bicyclic) bond motifs is 4. The van der Waals surface area contributed by atoms with Crippen molar-refractivity contribution in [2.24, 2.45) is 0 Å². The fourth-order valence-electron chi connectivity index (χ4n) is 4.88. The number of hydrogen-bond acceptors (Lipinski definition) is 3. The van der Waals surface area contributed by atoms with Gasteiger partial charge < -0.3 is 16.0 Å². The van der Waals surface area contributed by atoms with Gasteiger partial charge in [0.25, 0.3) is 0 Å². The van der Waals surface area contributed by atoms with E-state index in [0.29, 0.717) is 11.6 Å². The van der Waals surface area contributed by atoms with E-state index in [1.807, 2.05) is 18.2 Å². The molecule has 0 saturated carbocycles. The minimum atomic E-state index is -0.255. The number of carbonyl (C=O) groups is 1. The van der Waals surface area contributed by atoms with Gasteiger partial charge in [-0.05, 0) is 55.1 Å². The van der Waals surface area contributed by atoms with Crippen molar-refractivity contribution < 1.29 is 4.79 Å². The third-order valence-corrected chi connectivity index (χ3v) is 6.45. The van der Waals surface area contributed by atoms with E-state index in [0.717, 1.165) is 59.2 Å². The summed E-state index contributed by atoms with van der Waals surface area (Å²) in [5.74, 6) is 0.693. The van der Waals surface area contributed by atoms with Crippen LogP contribution in [0.2, 0.25) is 0 Å². The minimum absolute atomic E-state index is 0.118. The Kier molecular flexibility index (Phi) is 3.50. The summed E-state index contributed by atoms with van der Waals surface area (Å²) in [5, 5.41) is 4.40. The highest BCUT2D eigenvalue weighted by atomic mass is 16.1. The molecule has 0 atom stereocenters. The Bertz CT molecular complexity index is 1070. The fraction of sp³-hybridized carbons (Fsp3) is 0.348. The van der Waals surface area contributed by atoms with Gasteiger partial charge in [-0.1, -0.05) is 38.1 Å². The molecule has 1 aliphatic heterocycles. The summed E-state index contributed by atoms with van der Waals surface area (Å²) < 4.78 is 0. The Hall–Kier alpha value is -2.59. The Morgan fingerprint density at radius 1 is 1.07 bits per heavy atom. The number of nitrogens with one attached hydrogen (secondary N) is 2. The van der Waals surface area contributed by atoms with E-state index in [1.54, 1.807) is 0 Å². The van der Waals surface area contributed by atoms with Crippen LogP contribution in [0.1, 0.15) is 65.3 Å². The Morgan fingerprint density at radius 2 is 1.85 bits per heavy atom. The number of H-pyrrole nitrogens is 1. The van der Waals surface area contributed by atoms with Crippen molar-refractivity contribution >= 4 is 22.4 Å². The molecule has 0 spiro atoms. The molecular formula is C23H25N3O. The molecule has 1 saturated heterocycles. The average molecular weight is 359 g/mol. The zero-order valence-electron chi connectivity index (χ0n) is 15.9. The first-order valence-corrected chi connectivity index (χ1v) is 9.78. The first-order chi connectivity index (χ1) is 13.0. The number of benzene rings is 2. The molecule has 1 fully saturated rings. The van der Waals surface area contributed by atoms with Gasteiger partial charge in [-0.25, -0.2) is 0 Å². The van der Waals surface area contributed by atoms with E-state index in [9.17, 15) is 4.79 Å². The molecule has 0 radical (unpaired) electrons. The molecule has 2 aliphatic rings. The maximum atomic E-state index is 13.4. The van der Waals surface area contributed by atoms with Gasteiger partial charge in [-0.3, -0.25) is 4.79 Å². The molecule has 0 amide bonds. The van der Waals surface area contributed by atoms with Crippen molar-refractivity contribution in [2.75, 3.05) is 18.8 Å². The molecule has 4 heteroatoms. The smallest absolute Gasteiger partial charge is 0.195 e. The van der Waals surface area contributed by atoms with Crippen molar-refractivity contribution in [3.05, 3.63) is 64.3 Å². The molecule has 4 nitrogen and oxygen atoms in total. The lowest BCUT2D eigenvalue weighted by atomic mass is 9.70. The predicted molar refractivity (Wildman–Crippen MR) is 110 cm³/mol. The van der Waals surface area contributed by atoms with Crippen molar-refractivity contribution in [3.63, 3.8) is 0 Å². The van der Waals surface area contributed by atoms with Crippen LogP contribution in [0.25, 0.3) is 10.9 Å². The SMILES string of the molecule is CC1(C)c2cc(C3CCNCC3)ccc2C(=O)c2c1[nH]c1cc(N)ccc21. The molecule has 0 bridgehead atoms. The zero-order chi connectivity index (χ0) is 18.8. The highest BCUT2D eigenvalue weighted by molar-refractivity contribution is 6.20. The van der Waals surface area contributed by atoms with Crippen LogP contribution in [0.4, 0.5) is 5.69 Å². The van der Waals surface area contributed by atoms with Crippen LogP contribution in [0.3, 0.4) is 0 Å². The average Bonchev–Trinajstić information content (AvgIpc) is 3.06. The molecule has 5 rings (SSSR count). The molecule has 3 aromatic rings. The second kappa shape index (κ2) is 5.70. The summed E-state index contributed by atoms with van der Waals surface area (Å²) in [5.41, 5.74) is 12.5. The molecule has 2 heterocycles. The number of aromatic nitrogens is 1. The van der Waals surface area contributed by atoms with E-state index in [-0.39, 0.29) is 11.2 Å². The largest absolute Gasteiger partial charge is 0.399 e. The van der Waals surface area contributed by atoms with Crippen LogP contribution in [0.5, 0.6) is 0 Å². The quantitative estimate of drug-likeness (QED) is 0.573. The van der Waals surface area contributed by atoms with Crippen LogP contribution in [-0.2, 0) is 5.41 Å². The molecule has 1 aromatic heterocycles. The maximum absolute atomic E-state index is 13.4. The summed E-state index contributed by atoms with van der Waals surface area (Å²) in [4.78, 5) is 16.9. The van der Waals surface area contributed by atoms with Gasteiger partial charge in [0.1, 0.15) is 0 Å². The Morgan fingerprint density at radius 3 is 2.63 bits per heavy atom. The van der Waals surface area contributed by atoms with Gasteiger partial charge in [-0.15, -0.1) is 0 Å². The number of ketones is 1. The molecule has 4 N–H and O–H groups in total. The maximum Gasteiger partial charge on any atom is 0.195 e. The number of nitrogen functional groups attached to an aromatic ring is 1. The molecule has 27 heavy (non-hydrogen) atoms. The summed E-state index contributed by atoms with van der Waals surface area (Å²) >= 11 is 0. The van der Waals surface area contributed by atoms with E-state index < -0.39 is 0 Å². The zero-order valence-corrected chi connectivity index (χ0v) is 15.9. The third-order valence-electron chi connectivity index (χ3n) is 6.45. The van der Waals surface area contributed by atoms with Gasteiger partial charge in [0, 0.05) is 33.3 Å². The number of hydrogen-bond donors (Lipinski definition) is 3. The lowest BCUT2D eigenvalue weighted by Gasteiger charge is -2.33. The van der Waals surface area contributed by atoms with Gasteiger partial charge in [0.2, 0.25) is 0 Å². The normalized spacial score (nSPS) is 19.1. The van der Waals surface area contributed by atoms with Crippen LogP contribution in [0.15, 0.2) is 36.4 Å². The van der Waals surface area contributed by atoms with Crippen LogP contribution >= 0.6 is 0 Å². The third kappa shape index (κ3) is 2.36. The van der Waals surface area contributed by atoms with Crippen molar-refractivity contribution in [1.82, 2.24) is 10.3 Å². The number of rotatable bonds is 1. The van der Waals surface area contributed by atoms with Gasteiger partial charge in [-0.2, -0.15) is 0 Å². The predicted octanol–water partition coefficient (Wildman–Crippen LogP) is 4.09. The van der Waals surface area contributed by atoms with Gasteiger partial charge in [0.05, 0.1) is 5.56 Å². The lowest BCUT2D eigenvalue weighted by molar-refractivity contribution is 0.103. The van der Waals surface area contributed by atoms with Crippen molar-refractivity contribution in [3.8, 4) is 0 Å². The monoisotopic (exact) mass is 359 g/mol. The highest BCUT2D eigenvalue weighted by Gasteiger charge is 2.40. The highest BCUT2D eigenvalue weighted by Crippen LogP contribution is 2.45. The Balaban J connectivity index is 1.69. The van der Waals surface area contributed by atoms with Crippen molar-refractivity contribution in [1.29, 1.82) is 0 Å². The first kappa shape index (κ1) is 16.6. The number of carbonyl (C=O) groups excluding carboxylic acids is 1. The fourth-order valence-corrected chi connectivity index (χ4v) is 4.88. The number of aromatic amines is 1. The second-order valence-electron chi connectivity index (χ2n) is 8.46. The summed E-state index contributed by atoms with van der Waals surface area (Å²) in [6.45, 7) is 6.55. The van der Waals surface area contributed by atoms with E-state index >= 15 is 0 Å². The van der Waals surface area contributed by atoms with Crippen LogP contribution < -0.4 is 11.1 Å². The van der Waals surface area contributed by atoms with Crippen molar-refractivity contribution in [2.45, 2.75) is 38.0 Å². The van der Waals surface area contributed by atoms with Crippen LogP contribution in [0, 0.1) is 0 Å². The van der Waals surface area contributed by atoms with E-state index in [4.69, 9.17) is 5.73 Å². The number of anilines is 1. The van der Waals surface area contributed by atoms with E-state index in [2.05, 4.69) is 42.3 Å². The summed E-state index contributed by atoms with van der Waals surface area (Å²) in [6, 6.07) is 12.2. The van der Waals surface area contributed by atoms with E-state index in [1.165, 1.54) is 5.56 Å². The molecule has 0 unspecified atom stereocenters. The number of piperidine rings is 1. The minimum Gasteiger partial charge on any atom is -0.399 e. The second-order valence-corrected chi connectivity index (χ2v) is 8.46. The van der Waals surface area contributed by atoms with Crippen LogP contribution in [-0.4, -0.2) is 23.9 Å². The van der Waals surface area contributed by atoms with Gasteiger partial charge in [0.15, 0.2) is 5.78 Å². The number of nitrogens with two attached hydrogens (primary N) is 1. The summed E-state index contributed by atoms with van der Waals surface area (Å²) in [6.07, 6.45) is 2.31.